The maximum atomic E-state index is 14.0. The lowest BCUT2D eigenvalue weighted by Crippen LogP contribution is -2.57. The molecule has 15 heteroatoms. The van der Waals surface area contributed by atoms with Gasteiger partial charge in [-0.15, -0.1) is 11.3 Å². The van der Waals surface area contributed by atoms with E-state index >= 15 is 0 Å². The van der Waals surface area contributed by atoms with Crippen molar-refractivity contribution in [1.82, 2.24) is 25.5 Å². The van der Waals surface area contributed by atoms with E-state index in [0.29, 0.717) is 63.5 Å². The molecule has 358 valence electrons. The fourth-order valence-corrected chi connectivity index (χ4v) is 10.1. The fourth-order valence-electron chi connectivity index (χ4n) is 9.24. The Labute approximate surface area is 397 Å². The van der Waals surface area contributed by atoms with Crippen molar-refractivity contribution < 1.29 is 38.1 Å². The maximum absolute atomic E-state index is 14.0. The number of hydrogen-bond donors (Lipinski definition) is 4. The molecule has 1 saturated carbocycles. The first-order chi connectivity index (χ1) is 32.2. The molecule has 2 aromatic heterocycles. The van der Waals surface area contributed by atoms with E-state index in [1.807, 2.05) is 94.7 Å². The standard InChI is InChI=1S/C52H65FN6O7S/c1-33(36-10-12-37(13-11-36)43-20-21-54-45-19-14-39(53)28-44(43)45)49(61)58-40-15-17-42(18-16-40)66-27-26-65-25-24-64-23-22-55-48(52(3,4)5)51(63)59-31-41(60)29-46(59)50(62)56-30-35-6-8-38(9-7-35)47-34(2)57-32-67-47/h6-9,14-21,28,32-33,36-37,41,46,48,55,60H,10-13,22-27,29-31H2,1-5H3,(H,56,62)(H,58,61)/t33-,36-,37+,41-,46+,48-/m1/s1. The number of aromatic nitrogens is 2. The Balaban J connectivity index is 0.754. The highest BCUT2D eigenvalue weighted by Crippen LogP contribution is 2.41. The number of nitrogens with one attached hydrogen (secondary N) is 3. The van der Waals surface area contributed by atoms with Crippen LogP contribution >= 0.6 is 11.3 Å². The first-order valence-electron chi connectivity index (χ1n) is 23.5. The number of nitrogens with zero attached hydrogens (tertiary/aromatic N) is 3. The van der Waals surface area contributed by atoms with Gasteiger partial charge in [-0.1, -0.05) is 52.0 Å². The number of aliphatic hydroxyl groups is 1. The monoisotopic (exact) mass is 936 g/mol. The smallest absolute Gasteiger partial charge is 0.243 e. The van der Waals surface area contributed by atoms with Crippen molar-refractivity contribution in [3.63, 3.8) is 0 Å². The molecule has 0 unspecified atom stereocenters. The number of ether oxygens (including phenoxy) is 3. The lowest BCUT2D eigenvalue weighted by atomic mass is 9.73. The molecule has 3 aromatic carbocycles. The van der Waals surface area contributed by atoms with E-state index < -0.39 is 23.6 Å². The number of rotatable bonds is 20. The number of aryl methyl sites for hydroxylation is 1. The molecule has 2 aliphatic rings. The molecule has 3 heterocycles. The number of carbonyl (C=O) groups is 3. The zero-order valence-electron chi connectivity index (χ0n) is 39.3. The lowest BCUT2D eigenvalue weighted by Gasteiger charge is -2.35. The average molecular weight is 937 g/mol. The second kappa shape index (κ2) is 23.1. The van der Waals surface area contributed by atoms with Gasteiger partial charge in [0, 0.05) is 49.2 Å². The number of fused-ring (bicyclic) bond motifs is 1. The van der Waals surface area contributed by atoms with Crippen LogP contribution in [0.1, 0.15) is 82.5 Å². The van der Waals surface area contributed by atoms with Crippen molar-refractivity contribution in [2.45, 2.75) is 97.4 Å². The second-order valence-electron chi connectivity index (χ2n) is 18.9. The van der Waals surface area contributed by atoms with Crippen LogP contribution in [0, 0.1) is 30.0 Å². The molecule has 0 spiro atoms. The molecular weight excluding hydrogens is 872 g/mol. The molecule has 5 aromatic rings. The van der Waals surface area contributed by atoms with E-state index in [0.717, 1.165) is 63.8 Å². The van der Waals surface area contributed by atoms with Gasteiger partial charge in [-0.2, -0.15) is 0 Å². The second-order valence-corrected chi connectivity index (χ2v) is 19.7. The summed E-state index contributed by atoms with van der Waals surface area (Å²) in [7, 11) is 0. The van der Waals surface area contributed by atoms with Crippen LogP contribution in [-0.2, 0) is 30.4 Å². The van der Waals surface area contributed by atoms with Gasteiger partial charge in [0.2, 0.25) is 17.7 Å². The quantitative estimate of drug-likeness (QED) is 0.0562. The Morgan fingerprint density at radius 3 is 2.33 bits per heavy atom. The molecule has 0 radical (unpaired) electrons. The number of benzene rings is 3. The molecule has 2 fully saturated rings. The molecule has 3 amide bonds. The average Bonchev–Trinajstić information content (AvgIpc) is 3.94. The summed E-state index contributed by atoms with van der Waals surface area (Å²) in [6, 6.07) is 20.7. The van der Waals surface area contributed by atoms with Gasteiger partial charge in [-0.25, -0.2) is 9.37 Å². The molecule has 7 rings (SSSR count). The van der Waals surface area contributed by atoms with Crippen LogP contribution in [-0.4, -0.2) is 102 Å². The minimum atomic E-state index is -0.787. The number of carbonyl (C=O) groups excluding carboxylic acids is 3. The van der Waals surface area contributed by atoms with Gasteiger partial charge in [0.25, 0.3) is 0 Å². The topological polar surface area (TPSA) is 164 Å². The number of hydrogen-bond acceptors (Lipinski definition) is 11. The third kappa shape index (κ3) is 13.2. The number of aliphatic hydroxyl groups excluding tert-OH is 1. The highest BCUT2D eigenvalue weighted by molar-refractivity contribution is 7.13. The number of anilines is 1. The van der Waals surface area contributed by atoms with Gasteiger partial charge in [0.1, 0.15) is 24.2 Å². The van der Waals surface area contributed by atoms with E-state index in [1.165, 1.54) is 11.0 Å². The molecular formula is C52H65FN6O7S. The summed E-state index contributed by atoms with van der Waals surface area (Å²) in [5, 5.41) is 20.8. The summed E-state index contributed by atoms with van der Waals surface area (Å²) >= 11 is 1.59. The largest absolute Gasteiger partial charge is 0.491 e. The number of pyridine rings is 1. The number of β-amino-alcohol motifs (C(OH)–C–C–N with tert-alkyl or cyclic N) is 1. The van der Waals surface area contributed by atoms with Crippen molar-refractivity contribution >= 4 is 45.6 Å². The summed E-state index contributed by atoms with van der Waals surface area (Å²) in [5.74, 6) is 0.346. The molecule has 4 atom stereocenters. The fraction of sp³-hybridized carbons (Fsp3) is 0.481. The zero-order chi connectivity index (χ0) is 47.5. The Hall–Kier alpha value is -5.32. The van der Waals surface area contributed by atoms with Crippen molar-refractivity contribution in [2.75, 3.05) is 51.4 Å². The van der Waals surface area contributed by atoms with Crippen LogP contribution < -0.4 is 20.7 Å². The molecule has 0 bridgehead atoms. The van der Waals surface area contributed by atoms with E-state index in [2.05, 4.69) is 25.9 Å². The van der Waals surface area contributed by atoms with Crippen molar-refractivity contribution in [3.8, 4) is 16.2 Å². The van der Waals surface area contributed by atoms with Crippen LogP contribution in [0.2, 0.25) is 0 Å². The van der Waals surface area contributed by atoms with Crippen LogP contribution in [0.3, 0.4) is 0 Å². The van der Waals surface area contributed by atoms with E-state index in [1.54, 1.807) is 29.7 Å². The molecule has 1 aliphatic heterocycles. The highest BCUT2D eigenvalue weighted by atomic mass is 32.1. The minimum Gasteiger partial charge on any atom is -0.491 e. The van der Waals surface area contributed by atoms with Crippen molar-refractivity contribution in [3.05, 3.63) is 107 Å². The van der Waals surface area contributed by atoms with Gasteiger partial charge in [-0.05, 0) is 115 Å². The summed E-state index contributed by atoms with van der Waals surface area (Å²) < 4.78 is 31.4. The minimum absolute atomic E-state index is 0.00234. The first-order valence-corrected chi connectivity index (χ1v) is 24.4. The summed E-state index contributed by atoms with van der Waals surface area (Å²) in [4.78, 5) is 52.0. The first kappa shape index (κ1) is 49.6. The van der Waals surface area contributed by atoms with Crippen molar-refractivity contribution in [1.29, 1.82) is 0 Å². The van der Waals surface area contributed by atoms with Crippen LogP contribution in [0.4, 0.5) is 10.1 Å². The summed E-state index contributed by atoms with van der Waals surface area (Å²) in [6.07, 6.45) is 4.95. The van der Waals surface area contributed by atoms with E-state index in [-0.39, 0.29) is 48.3 Å². The van der Waals surface area contributed by atoms with E-state index in [4.69, 9.17) is 14.2 Å². The number of thiazole rings is 1. The Kier molecular flexibility index (Phi) is 17.1. The maximum Gasteiger partial charge on any atom is 0.243 e. The third-order valence-corrected chi connectivity index (χ3v) is 14.0. The van der Waals surface area contributed by atoms with Crippen LogP contribution in [0.15, 0.2) is 84.5 Å². The lowest BCUT2D eigenvalue weighted by molar-refractivity contribution is -0.142. The van der Waals surface area contributed by atoms with Crippen LogP contribution in [0.25, 0.3) is 21.3 Å². The molecule has 1 aliphatic carbocycles. The number of amides is 3. The third-order valence-electron chi connectivity index (χ3n) is 13.1. The number of halogens is 1. The van der Waals surface area contributed by atoms with Gasteiger partial charge in [-0.3, -0.25) is 19.4 Å². The summed E-state index contributed by atoms with van der Waals surface area (Å²) in [5.41, 5.74) is 7.01. The van der Waals surface area contributed by atoms with Gasteiger partial charge < -0.3 is 40.2 Å². The summed E-state index contributed by atoms with van der Waals surface area (Å²) in [6.45, 7) is 12.5. The Bertz CT molecular complexity index is 2420. The molecule has 1 saturated heterocycles. The van der Waals surface area contributed by atoms with Gasteiger partial charge >= 0.3 is 0 Å². The normalized spacial score (nSPS) is 19.5. The molecule has 4 N–H and O–H groups in total. The predicted octanol–water partition coefficient (Wildman–Crippen LogP) is 8.05. The van der Waals surface area contributed by atoms with Crippen molar-refractivity contribution in [2.24, 2.45) is 17.3 Å². The Morgan fingerprint density at radius 2 is 1.63 bits per heavy atom. The predicted molar refractivity (Wildman–Crippen MR) is 259 cm³/mol. The SMILES string of the molecule is Cc1ncsc1-c1ccc(CNC(=O)[C@@H]2C[C@@H](O)CN2C(=O)[C@@H](NCCOCCOCCOc2ccc(NC(=O)[C@H](C)[C@H]3CC[C@@H](c4ccnc5ccc(F)cc54)CC3)cc2)C(C)(C)C)cc1. The van der Waals surface area contributed by atoms with E-state index in [9.17, 15) is 23.9 Å². The zero-order valence-corrected chi connectivity index (χ0v) is 40.1. The highest BCUT2D eigenvalue weighted by Gasteiger charge is 2.43. The van der Waals surface area contributed by atoms with Gasteiger partial charge in [0.15, 0.2) is 0 Å². The molecule has 13 nitrogen and oxygen atoms in total. The molecule has 67 heavy (non-hydrogen) atoms. The Morgan fingerprint density at radius 1 is 0.910 bits per heavy atom. The van der Waals surface area contributed by atoms with Crippen LogP contribution in [0.5, 0.6) is 5.75 Å². The van der Waals surface area contributed by atoms with Gasteiger partial charge in [0.05, 0.1) is 60.2 Å². The number of likely N-dealkylation sites (tertiary alicyclic amines) is 1.